The molecule has 4 aliphatic carbocycles. The van der Waals surface area contributed by atoms with Gasteiger partial charge in [-0.2, -0.15) is 0 Å². The van der Waals surface area contributed by atoms with Crippen molar-refractivity contribution in [3.05, 3.63) is 0 Å². The third-order valence-corrected chi connectivity index (χ3v) is 8.56. The maximum Gasteiger partial charge on any atom is 0.0855 e. The summed E-state index contributed by atoms with van der Waals surface area (Å²) in [6.07, 6.45) is 10.8. The van der Waals surface area contributed by atoms with Crippen molar-refractivity contribution in [3.63, 3.8) is 0 Å². The van der Waals surface area contributed by atoms with E-state index in [1.165, 1.54) is 44.9 Å². The Morgan fingerprint density at radius 3 is 2.43 bits per heavy atom. The Labute approximate surface area is 129 Å². The molecular weight excluding hydrogens is 260 g/mol. The van der Waals surface area contributed by atoms with Gasteiger partial charge in [0, 0.05) is 0 Å². The van der Waals surface area contributed by atoms with Crippen LogP contribution in [0.25, 0.3) is 0 Å². The molecule has 4 aliphatic rings. The molecule has 4 saturated carbocycles. The first-order valence-electron chi connectivity index (χ1n) is 9.33. The van der Waals surface area contributed by atoms with Crippen LogP contribution in [0.4, 0.5) is 0 Å². The molecule has 2 nitrogen and oxygen atoms in total. The van der Waals surface area contributed by atoms with Gasteiger partial charge in [0.15, 0.2) is 0 Å². The van der Waals surface area contributed by atoms with Gasteiger partial charge in [0.25, 0.3) is 0 Å². The van der Waals surface area contributed by atoms with Crippen molar-refractivity contribution in [1.82, 2.24) is 0 Å². The molecule has 0 radical (unpaired) electrons. The fraction of sp³-hybridized carbons (Fsp3) is 1.00. The van der Waals surface area contributed by atoms with Gasteiger partial charge in [-0.05, 0) is 79.4 Å². The van der Waals surface area contributed by atoms with Crippen LogP contribution in [0.5, 0.6) is 0 Å². The van der Waals surface area contributed by atoms with Crippen molar-refractivity contribution >= 4 is 0 Å². The largest absolute Gasteiger partial charge is 0.390 e. The van der Waals surface area contributed by atoms with E-state index < -0.39 is 12.2 Å². The summed E-state index contributed by atoms with van der Waals surface area (Å²) in [4.78, 5) is 0. The summed E-state index contributed by atoms with van der Waals surface area (Å²) in [5, 5.41) is 20.7. The van der Waals surface area contributed by atoms with E-state index in [1.807, 2.05) is 0 Å². The van der Waals surface area contributed by atoms with Crippen LogP contribution in [-0.2, 0) is 0 Å². The topological polar surface area (TPSA) is 40.5 Å². The Balaban J connectivity index is 1.65. The average molecular weight is 292 g/mol. The molecule has 4 rings (SSSR count). The zero-order valence-corrected chi connectivity index (χ0v) is 13.7. The summed E-state index contributed by atoms with van der Waals surface area (Å²) in [5.41, 5.74) is 0.541. The molecule has 0 aromatic rings. The molecule has 0 aromatic carbocycles. The molecule has 3 unspecified atom stereocenters. The molecule has 0 spiro atoms. The lowest BCUT2D eigenvalue weighted by molar-refractivity contribution is -0.123. The van der Waals surface area contributed by atoms with Gasteiger partial charge in [0.05, 0.1) is 12.2 Å². The highest BCUT2D eigenvalue weighted by Crippen LogP contribution is 2.66. The second-order valence-electron chi connectivity index (χ2n) is 9.20. The standard InChI is InChI=1S/C19H32O2/c1-18-9-4-3-5-12(18)6-7-13-14(18)8-10-19(2)15(13)11-16(20)17(19)21/h12-17,20-21H,3-11H2,1-2H3/t12?,13-,14+,15+,16?,17?,18+,19+/m1/s1. The zero-order chi connectivity index (χ0) is 14.8. The Morgan fingerprint density at radius 2 is 1.62 bits per heavy atom. The Morgan fingerprint density at radius 1 is 0.810 bits per heavy atom. The molecule has 0 heterocycles. The van der Waals surface area contributed by atoms with E-state index in [0.717, 1.165) is 30.6 Å². The van der Waals surface area contributed by atoms with Gasteiger partial charge >= 0.3 is 0 Å². The predicted octanol–water partition coefficient (Wildman–Crippen LogP) is 3.75. The molecule has 4 fully saturated rings. The Bertz CT molecular complexity index is 422. The maximum absolute atomic E-state index is 10.5. The number of rotatable bonds is 0. The first-order valence-corrected chi connectivity index (χ1v) is 9.33. The molecular formula is C19H32O2. The summed E-state index contributed by atoms with van der Waals surface area (Å²) in [5.74, 6) is 3.12. The fourth-order valence-electron chi connectivity index (χ4n) is 7.28. The molecule has 8 atom stereocenters. The van der Waals surface area contributed by atoms with Crippen LogP contribution < -0.4 is 0 Å². The van der Waals surface area contributed by atoms with E-state index >= 15 is 0 Å². The van der Waals surface area contributed by atoms with Gasteiger partial charge in [-0.3, -0.25) is 0 Å². The summed E-state index contributed by atoms with van der Waals surface area (Å²) >= 11 is 0. The third-order valence-electron chi connectivity index (χ3n) is 8.56. The van der Waals surface area contributed by atoms with Crippen molar-refractivity contribution in [2.75, 3.05) is 0 Å². The molecule has 0 aliphatic heterocycles. The van der Waals surface area contributed by atoms with Crippen molar-refractivity contribution < 1.29 is 10.2 Å². The van der Waals surface area contributed by atoms with Crippen molar-refractivity contribution in [3.8, 4) is 0 Å². The molecule has 2 N–H and O–H groups in total. The Hall–Kier alpha value is -0.0800. The molecule has 0 amide bonds. The van der Waals surface area contributed by atoms with Crippen molar-refractivity contribution in [2.24, 2.45) is 34.5 Å². The molecule has 0 aromatic heterocycles. The highest BCUT2D eigenvalue weighted by molar-refractivity contribution is 5.10. The number of aliphatic hydroxyl groups excluding tert-OH is 2. The van der Waals surface area contributed by atoms with E-state index in [9.17, 15) is 10.2 Å². The van der Waals surface area contributed by atoms with Crippen molar-refractivity contribution in [2.45, 2.75) is 83.8 Å². The fourth-order valence-corrected chi connectivity index (χ4v) is 7.28. The highest BCUT2D eigenvalue weighted by Gasteiger charge is 2.61. The van der Waals surface area contributed by atoms with Crippen LogP contribution in [0.3, 0.4) is 0 Å². The zero-order valence-electron chi connectivity index (χ0n) is 13.7. The SMILES string of the molecule is C[C@]12CCCCC1CC[C@@H]1[C@@H]2CC[C@]2(C)C(O)C(O)C[C@@H]12. The first-order chi connectivity index (χ1) is 9.97. The van der Waals surface area contributed by atoms with Crippen LogP contribution in [0.2, 0.25) is 0 Å². The van der Waals surface area contributed by atoms with E-state index in [4.69, 9.17) is 0 Å². The van der Waals surface area contributed by atoms with E-state index in [1.54, 1.807) is 0 Å². The molecule has 120 valence electrons. The second kappa shape index (κ2) is 4.71. The lowest BCUT2D eigenvalue weighted by Crippen LogP contribution is -2.53. The summed E-state index contributed by atoms with van der Waals surface area (Å²) in [6.45, 7) is 4.84. The van der Waals surface area contributed by atoms with E-state index in [0.29, 0.717) is 11.3 Å². The lowest BCUT2D eigenvalue weighted by Gasteiger charge is -2.60. The maximum atomic E-state index is 10.5. The summed E-state index contributed by atoms with van der Waals surface area (Å²) < 4.78 is 0. The summed E-state index contributed by atoms with van der Waals surface area (Å²) in [6, 6.07) is 0. The van der Waals surface area contributed by atoms with Gasteiger partial charge in [0.2, 0.25) is 0 Å². The second-order valence-corrected chi connectivity index (χ2v) is 9.20. The minimum Gasteiger partial charge on any atom is -0.390 e. The number of aliphatic hydroxyl groups is 2. The van der Waals surface area contributed by atoms with Crippen LogP contribution in [-0.4, -0.2) is 22.4 Å². The smallest absolute Gasteiger partial charge is 0.0855 e. The molecule has 21 heavy (non-hydrogen) atoms. The lowest BCUT2D eigenvalue weighted by atomic mass is 9.45. The van der Waals surface area contributed by atoms with Crippen LogP contribution in [0.1, 0.15) is 71.6 Å². The van der Waals surface area contributed by atoms with Crippen molar-refractivity contribution in [1.29, 1.82) is 0 Å². The average Bonchev–Trinajstić information content (AvgIpc) is 2.70. The number of hydrogen-bond acceptors (Lipinski definition) is 2. The molecule has 2 heteroatoms. The number of fused-ring (bicyclic) bond motifs is 5. The summed E-state index contributed by atoms with van der Waals surface area (Å²) in [7, 11) is 0. The predicted molar refractivity (Wildman–Crippen MR) is 83.7 cm³/mol. The van der Waals surface area contributed by atoms with E-state index in [-0.39, 0.29) is 5.41 Å². The quantitative estimate of drug-likeness (QED) is 0.714. The van der Waals surface area contributed by atoms with Gasteiger partial charge in [0.1, 0.15) is 0 Å². The van der Waals surface area contributed by atoms with Gasteiger partial charge in [-0.25, -0.2) is 0 Å². The normalized spacial score (nSPS) is 60.0. The van der Waals surface area contributed by atoms with Gasteiger partial charge in [-0.15, -0.1) is 0 Å². The highest BCUT2D eigenvalue weighted by atomic mass is 16.3. The third kappa shape index (κ3) is 1.84. The Kier molecular flexibility index (Phi) is 3.25. The minimum absolute atomic E-state index is 0.0154. The van der Waals surface area contributed by atoms with Gasteiger partial charge < -0.3 is 10.2 Å². The minimum atomic E-state index is -0.486. The molecule has 0 saturated heterocycles. The van der Waals surface area contributed by atoms with Crippen LogP contribution >= 0.6 is 0 Å². The monoisotopic (exact) mass is 292 g/mol. The van der Waals surface area contributed by atoms with Crippen LogP contribution in [0.15, 0.2) is 0 Å². The number of hydrogen-bond donors (Lipinski definition) is 2. The van der Waals surface area contributed by atoms with Gasteiger partial charge in [-0.1, -0.05) is 26.7 Å². The first kappa shape index (κ1) is 14.5. The molecule has 0 bridgehead atoms. The van der Waals surface area contributed by atoms with Crippen LogP contribution in [0, 0.1) is 34.5 Å². The van der Waals surface area contributed by atoms with E-state index in [2.05, 4.69) is 13.8 Å².